The van der Waals surface area contributed by atoms with E-state index in [2.05, 4.69) is 37.8 Å². The molecule has 2 aliphatic rings. The van der Waals surface area contributed by atoms with E-state index in [1.165, 1.54) is 0 Å². The first-order valence-corrected chi connectivity index (χ1v) is 7.31. The van der Waals surface area contributed by atoms with E-state index in [0.29, 0.717) is 18.8 Å². The van der Waals surface area contributed by atoms with E-state index >= 15 is 0 Å². The number of ether oxygens (including phenoxy) is 1. The van der Waals surface area contributed by atoms with Crippen molar-refractivity contribution in [2.75, 3.05) is 69.3 Å². The third-order valence-corrected chi connectivity index (χ3v) is 4.03. The minimum atomic E-state index is 0.587. The Labute approximate surface area is 124 Å². The highest BCUT2D eigenvalue weighted by Crippen LogP contribution is 2.26. The Kier molecular flexibility index (Phi) is 4.18. The molecule has 0 aromatic carbocycles. The van der Waals surface area contributed by atoms with E-state index in [1.807, 2.05) is 0 Å². The van der Waals surface area contributed by atoms with E-state index in [-0.39, 0.29) is 0 Å². The molecule has 3 rings (SSSR count). The molecule has 0 amide bonds. The lowest BCUT2D eigenvalue weighted by atomic mass is 10.2. The van der Waals surface area contributed by atoms with Gasteiger partial charge in [0.2, 0.25) is 0 Å². The molecule has 21 heavy (non-hydrogen) atoms. The van der Waals surface area contributed by atoms with Crippen LogP contribution in [0.1, 0.15) is 5.56 Å². The highest BCUT2D eigenvalue weighted by molar-refractivity contribution is 5.66. The van der Waals surface area contributed by atoms with E-state index in [4.69, 9.17) is 4.74 Å². The highest BCUT2D eigenvalue weighted by atomic mass is 16.5. The first-order chi connectivity index (χ1) is 10.3. The lowest BCUT2D eigenvalue weighted by molar-refractivity contribution is 0.122. The summed E-state index contributed by atoms with van der Waals surface area (Å²) in [5.74, 6) is 1.51. The van der Waals surface area contributed by atoms with Crippen molar-refractivity contribution in [3.05, 3.63) is 11.9 Å². The number of aromatic nitrogens is 2. The number of hydrogen-bond donors (Lipinski definition) is 0. The Morgan fingerprint density at radius 1 is 1.00 bits per heavy atom. The van der Waals surface area contributed by atoms with Crippen LogP contribution in [0, 0.1) is 11.3 Å². The van der Waals surface area contributed by atoms with Gasteiger partial charge in [0, 0.05) is 39.3 Å². The predicted molar refractivity (Wildman–Crippen MR) is 79.5 cm³/mol. The standard InChI is InChI=1S/C14H20N6O/c1-18-2-4-19(5-3-18)13-12(10-15)14(17-11-16-13)20-6-8-21-9-7-20/h11H,2-9H2,1H3. The van der Waals surface area contributed by atoms with Crippen molar-refractivity contribution >= 4 is 11.6 Å². The Bertz CT molecular complexity index is 529. The summed E-state index contributed by atoms with van der Waals surface area (Å²) in [7, 11) is 2.11. The average molecular weight is 288 g/mol. The quantitative estimate of drug-likeness (QED) is 0.755. The third-order valence-electron chi connectivity index (χ3n) is 4.03. The smallest absolute Gasteiger partial charge is 0.152 e. The molecule has 2 saturated heterocycles. The number of rotatable bonds is 2. The van der Waals surface area contributed by atoms with Crippen LogP contribution in [0.2, 0.25) is 0 Å². The van der Waals surface area contributed by atoms with Gasteiger partial charge in [0.15, 0.2) is 11.6 Å². The average Bonchev–Trinajstić information content (AvgIpc) is 2.55. The summed E-state index contributed by atoms with van der Waals surface area (Å²) in [4.78, 5) is 15.3. The molecular weight excluding hydrogens is 268 g/mol. The Hall–Kier alpha value is -1.91. The minimum Gasteiger partial charge on any atom is -0.378 e. The lowest BCUT2D eigenvalue weighted by Gasteiger charge is -2.34. The van der Waals surface area contributed by atoms with Crippen LogP contribution in [0.4, 0.5) is 11.6 Å². The van der Waals surface area contributed by atoms with Gasteiger partial charge in [-0.05, 0) is 7.05 Å². The molecular formula is C14H20N6O. The summed E-state index contributed by atoms with van der Waals surface area (Å²) in [6.07, 6.45) is 1.57. The van der Waals surface area contributed by atoms with Gasteiger partial charge >= 0.3 is 0 Å². The molecule has 7 heteroatoms. The summed E-state index contributed by atoms with van der Waals surface area (Å²) in [6, 6.07) is 2.31. The summed E-state index contributed by atoms with van der Waals surface area (Å²) >= 11 is 0. The molecule has 112 valence electrons. The van der Waals surface area contributed by atoms with E-state index in [0.717, 1.165) is 50.9 Å². The fourth-order valence-corrected chi connectivity index (χ4v) is 2.74. The van der Waals surface area contributed by atoms with Crippen molar-refractivity contribution in [3.63, 3.8) is 0 Å². The zero-order chi connectivity index (χ0) is 14.7. The molecule has 0 spiro atoms. The summed E-state index contributed by atoms with van der Waals surface area (Å²) in [5, 5.41) is 9.59. The molecule has 0 unspecified atom stereocenters. The molecule has 1 aromatic heterocycles. The molecule has 7 nitrogen and oxygen atoms in total. The van der Waals surface area contributed by atoms with Crippen LogP contribution in [-0.4, -0.2) is 74.4 Å². The molecule has 0 saturated carbocycles. The number of likely N-dealkylation sites (N-methyl/N-ethyl adjacent to an activating group) is 1. The second kappa shape index (κ2) is 6.24. The molecule has 1 aromatic rings. The predicted octanol–water partition coefficient (Wildman–Crippen LogP) is -0.0633. The normalized spacial score (nSPS) is 20.4. The molecule has 0 bridgehead atoms. The number of anilines is 2. The van der Waals surface area contributed by atoms with Crippen molar-refractivity contribution in [1.82, 2.24) is 14.9 Å². The second-order valence-electron chi connectivity index (χ2n) is 5.40. The fraction of sp³-hybridized carbons (Fsp3) is 0.643. The molecule has 2 aliphatic heterocycles. The monoisotopic (exact) mass is 288 g/mol. The molecule has 0 N–H and O–H groups in total. The Morgan fingerprint density at radius 2 is 1.57 bits per heavy atom. The van der Waals surface area contributed by atoms with Crippen molar-refractivity contribution < 1.29 is 4.74 Å². The molecule has 3 heterocycles. The highest BCUT2D eigenvalue weighted by Gasteiger charge is 2.24. The molecule has 0 atom stereocenters. The van der Waals surface area contributed by atoms with Gasteiger partial charge in [-0.15, -0.1) is 0 Å². The summed E-state index contributed by atoms with van der Waals surface area (Å²) in [5.41, 5.74) is 0.587. The number of hydrogen-bond acceptors (Lipinski definition) is 7. The number of nitrogens with zero attached hydrogens (tertiary/aromatic N) is 6. The van der Waals surface area contributed by atoms with Crippen LogP contribution >= 0.6 is 0 Å². The van der Waals surface area contributed by atoms with Gasteiger partial charge < -0.3 is 19.4 Å². The molecule has 2 fully saturated rings. The molecule has 0 aliphatic carbocycles. The van der Waals surface area contributed by atoms with Crippen LogP contribution in [0.25, 0.3) is 0 Å². The summed E-state index contributed by atoms with van der Waals surface area (Å²) < 4.78 is 5.37. The van der Waals surface area contributed by atoms with Crippen LogP contribution in [-0.2, 0) is 4.74 Å². The van der Waals surface area contributed by atoms with E-state index < -0.39 is 0 Å². The van der Waals surface area contributed by atoms with Gasteiger partial charge in [0.25, 0.3) is 0 Å². The maximum Gasteiger partial charge on any atom is 0.152 e. The van der Waals surface area contributed by atoms with E-state index in [1.54, 1.807) is 6.33 Å². The number of piperazine rings is 1. The topological polar surface area (TPSA) is 68.5 Å². The van der Waals surface area contributed by atoms with Crippen LogP contribution in [0.15, 0.2) is 6.33 Å². The minimum absolute atomic E-state index is 0.587. The first kappa shape index (κ1) is 14.0. The number of nitriles is 1. The second-order valence-corrected chi connectivity index (χ2v) is 5.40. The zero-order valence-corrected chi connectivity index (χ0v) is 12.3. The van der Waals surface area contributed by atoms with Crippen molar-refractivity contribution in [2.24, 2.45) is 0 Å². The van der Waals surface area contributed by atoms with E-state index in [9.17, 15) is 5.26 Å². The van der Waals surface area contributed by atoms with Crippen molar-refractivity contribution in [1.29, 1.82) is 5.26 Å². The van der Waals surface area contributed by atoms with Crippen LogP contribution in [0.3, 0.4) is 0 Å². The van der Waals surface area contributed by atoms with Gasteiger partial charge in [-0.25, -0.2) is 9.97 Å². The SMILES string of the molecule is CN1CCN(c2ncnc(N3CCOCC3)c2C#N)CC1. The first-order valence-electron chi connectivity index (χ1n) is 7.31. The van der Waals surface area contributed by atoms with Crippen LogP contribution in [0.5, 0.6) is 0 Å². The maximum atomic E-state index is 9.59. The fourth-order valence-electron chi connectivity index (χ4n) is 2.74. The van der Waals surface area contributed by atoms with Crippen molar-refractivity contribution in [3.8, 4) is 6.07 Å². The van der Waals surface area contributed by atoms with Crippen LogP contribution < -0.4 is 9.80 Å². The zero-order valence-electron chi connectivity index (χ0n) is 12.3. The Balaban J connectivity index is 1.89. The number of morpholine rings is 1. The summed E-state index contributed by atoms with van der Waals surface area (Å²) in [6.45, 7) is 6.66. The lowest BCUT2D eigenvalue weighted by Crippen LogP contribution is -2.45. The van der Waals surface area contributed by atoms with Gasteiger partial charge in [-0.2, -0.15) is 5.26 Å². The largest absolute Gasteiger partial charge is 0.378 e. The molecule has 0 radical (unpaired) electrons. The van der Waals surface area contributed by atoms with Gasteiger partial charge in [-0.3, -0.25) is 0 Å². The third kappa shape index (κ3) is 2.91. The van der Waals surface area contributed by atoms with Gasteiger partial charge in [-0.1, -0.05) is 0 Å². The Morgan fingerprint density at radius 3 is 2.14 bits per heavy atom. The van der Waals surface area contributed by atoms with Gasteiger partial charge in [0.1, 0.15) is 18.0 Å². The van der Waals surface area contributed by atoms with Crippen molar-refractivity contribution in [2.45, 2.75) is 0 Å². The van der Waals surface area contributed by atoms with Gasteiger partial charge in [0.05, 0.1) is 13.2 Å². The maximum absolute atomic E-state index is 9.59.